The molecular formula is C16H25NO. The number of aryl methyl sites for hydroxylation is 1. The van der Waals surface area contributed by atoms with E-state index in [-0.39, 0.29) is 11.5 Å². The van der Waals surface area contributed by atoms with E-state index in [9.17, 15) is 0 Å². The van der Waals surface area contributed by atoms with Crippen molar-refractivity contribution in [1.82, 2.24) is 0 Å². The first-order chi connectivity index (χ1) is 8.55. The molecule has 2 atom stereocenters. The summed E-state index contributed by atoms with van der Waals surface area (Å²) in [5.41, 5.74) is 8.92. The predicted molar refractivity (Wildman–Crippen MR) is 75.9 cm³/mol. The van der Waals surface area contributed by atoms with Crippen molar-refractivity contribution in [2.45, 2.75) is 59.1 Å². The molecule has 1 aromatic carbocycles. The average Bonchev–Trinajstić information content (AvgIpc) is 2.36. The number of ether oxygens (including phenoxy) is 1. The average molecular weight is 247 g/mol. The zero-order valence-electron chi connectivity index (χ0n) is 12.0. The Balaban J connectivity index is 2.18. The smallest absolute Gasteiger partial charge is 0.122 e. The minimum Gasteiger partial charge on any atom is -0.489 e. The third-order valence-electron chi connectivity index (χ3n) is 4.99. The van der Waals surface area contributed by atoms with Crippen LogP contribution in [0.4, 0.5) is 0 Å². The van der Waals surface area contributed by atoms with Crippen molar-refractivity contribution in [3.8, 4) is 5.75 Å². The molecule has 0 aliphatic heterocycles. The molecule has 0 radical (unpaired) electrons. The molecule has 2 rings (SSSR count). The number of benzene rings is 1. The molecule has 1 aliphatic carbocycles. The summed E-state index contributed by atoms with van der Waals surface area (Å²) in [6.45, 7) is 8.70. The van der Waals surface area contributed by atoms with Gasteiger partial charge in [0.25, 0.3) is 0 Å². The Hall–Kier alpha value is -1.02. The first-order valence-electron chi connectivity index (χ1n) is 7.03. The molecule has 100 valence electrons. The predicted octanol–water partition coefficient (Wildman–Crippen LogP) is 3.59. The second kappa shape index (κ2) is 4.93. The van der Waals surface area contributed by atoms with Crippen molar-refractivity contribution >= 4 is 0 Å². The molecule has 0 aromatic heterocycles. The Morgan fingerprint density at radius 3 is 2.50 bits per heavy atom. The van der Waals surface area contributed by atoms with Crippen LogP contribution in [-0.2, 0) is 0 Å². The molecule has 1 aliphatic rings. The van der Waals surface area contributed by atoms with Gasteiger partial charge < -0.3 is 10.5 Å². The molecule has 0 spiro atoms. The van der Waals surface area contributed by atoms with Gasteiger partial charge in [0, 0.05) is 17.9 Å². The fourth-order valence-corrected chi connectivity index (χ4v) is 3.18. The molecule has 2 unspecified atom stereocenters. The minimum atomic E-state index is 0.177. The minimum absolute atomic E-state index is 0.177. The lowest BCUT2D eigenvalue weighted by Crippen LogP contribution is -2.63. The van der Waals surface area contributed by atoms with Crippen molar-refractivity contribution in [2.75, 3.05) is 0 Å². The highest BCUT2D eigenvalue weighted by atomic mass is 16.5. The maximum Gasteiger partial charge on any atom is 0.122 e. The molecule has 2 heteroatoms. The number of hydrogen-bond acceptors (Lipinski definition) is 2. The SMILES string of the molecule is CCC1(CC)C(N)CC1Oc1cccc(C)c1C. The van der Waals surface area contributed by atoms with Crippen LogP contribution in [0.2, 0.25) is 0 Å². The monoisotopic (exact) mass is 247 g/mol. The van der Waals surface area contributed by atoms with Gasteiger partial charge in [0.1, 0.15) is 11.9 Å². The zero-order valence-corrected chi connectivity index (χ0v) is 12.0. The summed E-state index contributed by atoms with van der Waals surface area (Å²) in [6, 6.07) is 6.56. The van der Waals surface area contributed by atoms with Crippen LogP contribution < -0.4 is 10.5 Å². The van der Waals surface area contributed by atoms with Crippen LogP contribution in [-0.4, -0.2) is 12.1 Å². The Bertz CT molecular complexity index is 423. The van der Waals surface area contributed by atoms with Gasteiger partial charge in [-0.3, -0.25) is 0 Å². The van der Waals surface area contributed by atoms with E-state index in [4.69, 9.17) is 10.5 Å². The summed E-state index contributed by atoms with van der Waals surface area (Å²) >= 11 is 0. The lowest BCUT2D eigenvalue weighted by atomic mass is 9.59. The standard InChI is InChI=1S/C16H25NO/c1-5-16(6-2)14(17)10-15(16)18-13-9-7-8-11(3)12(13)4/h7-9,14-15H,5-6,10,17H2,1-4H3. The van der Waals surface area contributed by atoms with Crippen LogP contribution in [0, 0.1) is 19.3 Å². The Morgan fingerprint density at radius 2 is 1.94 bits per heavy atom. The Kier molecular flexibility index (Phi) is 3.67. The van der Waals surface area contributed by atoms with Crippen molar-refractivity contribution < 1.29 is 4.74 Å². The van der Waals surface area contributed by atoms with Gasteiger partial charge in [0.05, 0.1) is 0 Å². The molecule has 1 saturated carbocycles. The molecule has 18 heavy (non-hydrogen) atoms. The highest BCUT2D eigenvalue weighted by Gasteiger charge is 2.52. The van der Waals surface area contributed by atoms with E-state index in [0.717, 1.165) is 25.0 Å². The maximum atomic E-state index is 6.25. The third kappa shape index (κ3) is 1.93. The van der Waals surface area contributed by atoms with Crippen molar-refractivity contribution in [2.24, 2.45) is 11.1 Å². The Morgan fingerprint density at radius 1 is 1.28 bits per heavy atom. The molecule has 0 saturated heterocycles. The number of rotatable bonds is 4. The summed E-state index contributed by atoms with van der Waals surface area (Å²) in [5, 5.41) is 0. The first kappa shape index (κ1) is 13.4. The number of hydrogen-bond donors (Lipinski definition) is 1. The van der Waals surface area contributed by atoms with Crippen molar-refractivity contribution in [3.63, 3.8) is 0 Å². The summed E-state index contributed by atoms with van der Waals surface area (Å²) in [4.78, 5) is 0. The first-order valence-corrected chi connectivity index (χ1v) is 7.03. The second-order valence-electron chi connectivity index (χ2n) is 5.59. The molecule has 1 fully saturated rings. The quantitative estimate of drug-likeness (QED) is 0.882. The molecule has 2 nitrogen and oxygen atoms in total. The highest BCUT2D eigenvalue weighted by molar-refractivity contribution is 5.38. The van der Waals surface area contributed by atoms with E-state index < -0.39 is 0 Å². The van der Waals surface area contributed by atoms with Crippen LogP contribution in [0.25, 0.3) is 0 Å². The lowest BCUT2D eigenvalue weighted by molar-refractivity contribution is -0.0725. The van der Waals surface area contributed by atoms with Crippen LogP contribution in [0.15, 0.2) is 18.2 Å². The van der Waals surface area contributed by atoms with E-state index in [1.54, 1.807) is 0 Å². The summed E-state index contributed by atoms with van der Waals surface area (Å²) in [6.07, 6.45) is 3.46. The van der Waals surface area contributed by atoms with Crippen LogP contribution >= 0.6 is 0 Å². The Labute approximate surface area is 111 Å². The van der Waals surface area contributed by atoms with Gasteiger partial charge in [-0.15, -0.1) is 0 Å². The van der Waals surface area contributed by atoms with Crippen LogP contribution in [0.5, 0.6) is 5.75 Å². The third-order valence-corrected chi connectivity index (χ3v) is 4.99. The van der Waals surface area contributed by atoms with Gasteiger partial charge >= 0.3 is 0 Å². The van der Waals surface area contributed by atoms with Crippen molar-refractivity contribution in [1.29, 1.82) is 0 Å². The molecule has 0 bridgehead atoms. The normalized spacial score (nSPS) is 25.6. The molecule has 1 aromatic rings. The van der Waals surface area contributed by atoms with E-state index in [0.29, 0.717) is 6.04 Å². The zero-order chi connectivity index (χ0) is 13.3. The fourth-order valence-electron chi connectivity index (χ4n) is 3.18. The van der Waals surface area contributed by atoms with E-state index in [1.165, 1.54) is 11.1 Å². The van der Waals surface area contributed by atoms with Crippen molar-refractivity contribution in [3.05, 3.63) is 29.3 Å². The van der Waals surface area contributed by atoms with E-state index in [2.05, 4.69) is 45.9 Å². The molecule has 0 amide bonds. The summed E-state index contributed by atoms with van der Waals surface area (Å²) in [7, 11) is 0. The highest BCUT2D eigenvalue weighted by Crippen LogP contribution is 2.48. The maximum absolute atomic E-state index is 6.25. The fraction of sp³-hybridized carbons (Fsp3) is 0.625. The second-order valence-corrected chi connectivity index (χ2v) is 5.59. The van der Waals surface area contributed by atoms with Gasteiger partial charge in [-0.1, -0.05) is 26.0 Å². The molecule has 0 heterocycles. The van der Waals surface area contributed by atoms with E-state index in [1.807, 2.05) is 0 Å². The summed E-state index contributed by atoms with van der Waals surface area (Å²) in [5.74, 6) is 1.03. The van der Waals surface area contributed by atoms with Gasteiger partial charge in [-0.2, -0.15) is 0 Å². The topological polar surface area (TPSA) is 35.2 Å². The van der Waals surface area contributed by atoms with Gasteiger partial charge in [0.2, 0.25) is 0 Å². The van der Waals surface area contributed by atoms with Crippen LogP contribution in [0.3, 0.4) is 0 Å². The van der Waals surface area contributed by atoms with Gasteiger partial charge in [-0.05, 0) is 43.9 Å². The van der Waals surface area contributed by atoms with Gasteiger partial charge in [0.15, 0.2) is 0 Å². The molecule has 2 N–H and O–H groups in total. The lowest BCUT2D eigenvalue weighted by Gasteiger charge is -2.53. The van der Waals surface area contributed by atoms with E-state index >= 15 is 0 Å². The number of nitrogens with two attached hydrogens (primary N) is 1. The summed E-state index contributed by atoms with van der Waals surface area (Å²) < 4.78 is 6.25. The largest absolute Gasteiger partial charge is 0.489 e. The van der Waals surface area contributed by atoms with Gasteiger partial charge in [-0.25, -0.2) is 0 Å². The molecular weight excluding hydrogens is 222 g/mol. The van der Waals surface area contributed by atoms with Crippen LogP contribution in [0.1, 0.15) is 44.2 Å².